The molecule has 0 aliphatic carbocycles. The zero-order valence-electron chi connectivity index (χ0n) is 8.18. The van der Waals surface area contributed by atoms with Gasteiger partial charge in [-0.2, -0.15) is 0 Å². The van der Waals surface area contributed by atoms with Gasteiger partial charge in [-0.25, -0.2) is 0 Å². The average molecular weight is 159 g/mol. The number of rotatable bonds is 6. The molecule has 0 bridgehead atoms. The van der Waals surface area contributed by atoms with Gasteiger partial charge in [0.25, 0.3) is 0 Å². The van der Waals surface area contributed by atoms with E-state index in [2.05, 4.69) is 26.1 Å². The molecule has 2 heteroatoms. The first kappa shape index (κ1) is 10.9. The van der Waals surface area contributed by atoms with Crippen LogP contribution in [-0.2, 0) is 4.74 Å². The third-order valence-corrected chi connectivity index (χ3v) is 1.61. The van der Waals surface area contributed by atoms with Crippen LogP contribution in [0.5, 0.6) is 0 Å². The highest BCUT2D eigenvalue weighted by Gasteiger charge is 2.04. The SMILES string of the molecule is CCOC(CC)CNC(C)C. The zero-order chi connectivity index (χ0) is 8.69. The molecule has 0 aliphatic heterocycles. The van der Waals surface area contributed by atoms with Crippen LogP contribution in [0, 0.1) is 0 Å². The molecule has 0 radical (unpaired) electrons. The van der Waals surface area contributed by atoms with Crippen LogP contribution in [0.1, 0.15) is 34.1 Å². The van der Waals surface area contributed by atoms with Crippen molar-refractivity contribution in [3.05, 3.63) is 0 Å². The van der Waals surface area contributed by atoms with Crippen molar-refractivity contribution in [2.24, 2.45) is 0 Å². The molecule has 0 saturated carbocycles. The van der Waals surface area contributed by atoms with Crippen LogP contribution in [0.15, 0.2) is 0 Å². The van der Waals surface area contributed by atoms with Crippen molar-refractivity contribution in [3.8, 4) is 0 Å². The maximum absolute atomic E-state index is 5.48. The molecule has 0 saturated heterocycles. The Labute approximate surface area is 70.3 Å². The summed E-state index contributed by atoms with van der Waals surface area (Å²) in [6, 6.07) is 0.560. The Balaban J connectivity index is 3.35. The van der Waals surface area contributed by atoms with Crippen molar-refractivity contribution in [3.63, 3.8) is 0 Å². The first-order chi connectivity index (χ1) is 5.20. The van der Waals surface area contributed by atoms with E-state index in [0.717, 1.165) is 19.6 Å². The van der Waals surface area contributed by atoms with Gasteiger partial charge in [-0.15, -0.1) is 0 Å². The molecule has 1 N–H and O–H groups in total. The minimum atomic E-state index is 0.391. The first-order valence-electron chi connectivity index (χ1n) is 4.55. The van der Waals surface area contributed by atoms with Gasteiger partial charge in [0.15, 0.2) is 0 Å². The molecule has 0 fully saturated rings. The highest BCUT2D eigenvalue weighted by atomic mass is 16.5. The van der Waals surface area contributed by atoms with E-state index in [9.17, 15) is 0 Å². The Morgan fingerprint density at radius 3 is 2.27 bits per heavy atom. The fourth-order valence-corrected chi connectivity index (χ4v) is 0.924. The molecule has 0 heterocycles. The van der Waals surface area contributed by atoms with Gasteiger partial charge in [-0.3, -0.25) is 0 Å². The summed E-state index contributed by atoms with van der Waals surface area (Å²) in [5, 5.41) is 3.36. The standard InChI is InChI=1S/C9H21NO/c1-5-9(11-6-2)7-10-8(3)4/h8-10H,5-7H2,1-4H3. The molecule has 0 aromatic heterocycles. The number of hydrogen-bond acceptors (Lipinski definition) is 2. The lowest BCUT2D eigenvalue weighted by molar-refractivity contribution is 0.0589. The van der Waals surface area contributed by atoms with Crippen molar-refractivity contribution in [2.45, 2.75) is 46.3 Å². The monoisotopic (exact) mass is 159 g/mol. The van der Waals surface area contributed by atoms with Gasteiger partial charge in [0.2, 0.25) is 0 Å². The third-order valence-electron chi connectivity index (χ3n) is 1.61. The summed E-state index contributed by atoms with van der Waals surface area (Å²) in [4.78, 5) is 0. The lowest BCUT2D eigenvalue weighted by atomic mass is 10.2. The maximum atomic E-state index is 5.48. The quantitative estimate of drug-likeness (QED) is 0.638. The van der Waals surface area contributed by atoms with Crippen LogP contribution < -0.4 is 5.32 Å². The summed E-state index contributed by atoms with van der Waals surface area (Å²) in [7, 11) is 0. The van der Waals surface area contributed by atoms with Gasteiger partial charge in [0.1, 0.15) is 0 Å². The minimum Gasteiger partial charge on any atom is -0.377 e. The van der Waals surface area contributed by atoms with E-state index in [1.165, 1.54) is 0 Å². The van der Waals surface area contributed by atoms with E-state index < -0.39 is 0 Å². The average Bonchev–Trinajstić information content (AvgIpc) is 1.97. The third kappa shape index (κ3) is 6.32. The first-order valence-corrected chi connectivity index (χ1v) is 4.55. The summed E-state index contributed by atoms with van der Waals surface area (Å²) >= 11 is 0. The largest absolute Gasteiger partial charge is 0.377 e. The lowest BCUT2D eigenvalue weighted by Crippen LogP contribution is -2.33. The Bertz CT molecular complexity index is 83.6. The van der Waals surface area contributed by atoms with Crippen molar-refractivity contribution in [2.75, 3.05) is 13.2 Å². The Morgan fingerprint density at radius 1 is 1.27 bits per heavy atom. The number of ether oxygens (including phenoxy) is 1. The van der Waals surface area contributed by atoms with Crippen molar-refractivity contribution in [1.82, 2.24) is 5.32 Å². The minimum absolute atomic E-state index is 0.391. The molecule has 11 heavy (non-hydrogen) atoms. The molecule has 2 nitrogen and oxygen atoms in total. The molecule has 68 valence electrons. The molecule has 0 aliphatic rings. The second-order valence-corrected chi connectivity index (χ2v) is 3.05. The summed E-state index contributed by atoms with van der Waals surface area (Å²) in [5.41, 5.74) is 0. The van der Waals surface area contributed by atoms with Crippen LogP contribution in [0.2, 0.25) is 0 Å². The van der Waals surface area contributed by atoms with Gasteiger partial charge >= 0.3 is 0 Å². The van der Waals surface area contributed by atoms with E-state index in [1.807, 2.05) is 6.92 Å². The van der Waals surface area contributed by atoms with Crippen LogP contribution in [-0.4, -0.2) is 25.3 Å². The van der Waals surface area contributed by atoms with Crippen molar-refractivity contribution in [1.29, 1.82) is 0 Å². The number of hydrogen-bond donors (Lipinski definition) is 1. The molecule has 0 rings (SSSR count). The predicted molar refractivity (Wildman–Crippen MR) is 48.8 cm³/mol. The highest BCUT2D eigenvalue weighted by Crippen LogP contribution is 1.96. The summed E-state index contributed by atoms with van der Waals surface area (Å²) in [5.74, 6) is 0. The van der Waals surface area contributed by atoms with Crippen LogP contribution in [0.3, 0.4) is 0 Å². The normalized spacial score (nSPS) is 13.9. The Morgan fingerprint density at radius 2 is 1.91 bits per heavy atom. The van der Waals surface area contributed by atoms with E-state index >= 15 is 0 Å². The topological polar surface area (TPSA) is 21.3 Å². The fourth-order valence-electron chi connectivity index (χ4n) is 0.924. The van der Waals surface area contributed by atoms with Gasteiger partial charge < -0.3 is 10.1 Å². The molecule has 0 aromatic rings. The van der Waals surface area contributed by atoms with Crippen LogP contribution >= 0.6 is 0 Å². The predicted octanol–water partition coefficient (Wildman–Crippen LogP) is 1.80. The van der Waals surface area contributed by atoms with Crippen LogP contribution in [0.4, 0.5) is 0 Å². The van der Waals surface area contributed by atoms with E-state index in [1.54, 1.807) is 0 Å². The molecule has 1 atom stereocenters. The zero-order valence-corrected chi connectivity index (χ0v) is 8.18. The summed E-state index contributed by atoms with van der Waals surface area (Å²) in [6.45, 7) is 10.3. The second kappa shape index (κ2) is 6.62. The summed E-state index contributed by atoms with van der Waals surface area (Å²) in [6.07, 6.45) is 1.48. The second-order valence-electron chi connectivity index (χ2n) is 3.05. The molecule has 0 spiro atoms. The van der Waals surface area contributed by atoms with E-state index in [-0.39, 0.29) is 0 Å². The van der Waals surface area contributed by atoms with Gasteiger partial charge in [-0.05, 0) is 13.3 Å². The Kier molecular flexibility index (Phi) is 6.57. The smallest absolute Gasteiger partial charge is 0.0696 e. The van der Waals surface area contributed by atoms with Crippen LogP contribution in [0.25, 0.3) is 0 Å². The van der Waals surface area contributed by atoms with Gasteiger partial charge in [-0.1, -0.05) is 20.8 Å². The number of nitrogens with one attached hydrogen (secondary N) is 1. The molecule has 0 aromatic carbocycles. The molecular formula is C9H21NO. The molecule has 0 amide bonds. The molecular weight excluding hydrogens is 138 g/mol. The van der Waals surface area contributed by atoms with Crippen molar-refractivity contribution >= 4 is 0 Å². The fraction of sp³-hybridized carbons (Fsp3) is 1.00. The van der Waals surface area contributed by atoms with Crippen molar-refractivity contribution < 1.29 is 4.74 Å². The maximum Gasteiger partial charge on any atom is 0.0696 e. The van der Waals surface area contributed by atoms with Gasteiger partial charge in [0.05, 0.1) is 6.10 Å². The summed E-state index contributed by atoms with van der Waals surface area (Å²) < 4.78 is 5.48. The highest BCUT2D eigenvalue weighted by molar-refractivity contribution is 4.61. The molecule has 1 unspecified atom stereocenters. The van der Waals surface area contributed by atoms with E-state index in [0.29, 0.717) is 12.1 Å². The van der Waals surface area contributed by atoms with E-state index in [4.69, 9.17) is 4.74 Å². The Hall–Kier alpha value is -0.0800. The lowest BCUT2D eigenvalue weighted by Gasteiger charge is -2.17. The van der Waals surface area contributed by atoms with Gasteiger partial charge in [0, 0.05) is 19.2 Å².